The van der Waals surface area contributed by atoms with Crippen LogP contribution in [0.2, 0.25) is 0 Å². The predicted octanol–water partition coefficient (Wildman–Crippen LogP) is 15.3. The third-order valence-electron chi connectivity index (χ3n) is 15.1. The number of carbonyl (C=O) groups is 1. The Morgan fingerprint density at radius 1 is 0.231 bits per heavy atom. The van der Waals surface area contributed by atoms with Gasteiger partial charge in [0.15, 0.2) is 0 Å². The van der Waals surface area contributed by atoms with Crippen molar-refractivity contribution in [1.29, 1.82) is 0 Å². The first kappa shape index (κ1) is 57.2. The van der Waals surface area contributed by atoms with Crippen molar-refractivity contribution in [3.05, 3.63) is 309 Å². The van der Waals surface area contributed by atoms with Crippen LogP contribution in [0.5, 0.6) is 0 Å². The van der Waals surface area contributed by atoms with Crippen LogP contribution in [0.25, 0.3) is 32.3 Å². The maximum absolute atomic E-state index is 8.00. The van der Waals surface area contributed by atoms with E-state index in [0.717, 1.165) is 18.5 Å². The number of carbonyl (C=O) groups excluding carboxylic acids is 1. The van der Waals surface area contributed by atoms with Crippen molar-refractivity contribution in [1.82, 2.24) is 0 Å². The second-order valence-corrected chi connectivity index (χ2v) is 30.2. The van der Waals surface area contributed by atoms with E-state index >= 15 is 0 Å². The van der Waals surface area contributed by atoms with Crippen LogP contribution >= 0.6 is 21.8 Å². The van der Waals surface area contributed by atoms with Crippen LogP contribution in [-0.4, -0.2) is 25.3 Å². The molecule has 1 nitrogen and oxygen atoms in total. The molecule has 0 heterocycles. The van der Waals surface area contributed by atoms with Crippen LogP contribution < -0.4 is 47.7 Å². The van der Waals surface area contributed by atoms with E-state index in [4.69, 9.17) is 4.79 Å². The minimum Gasteiger partial charge on any atom is -0.307 e. The molecule has 387 valence electrons. The summed E-state index contributed by atoms with van der Waals surface area (Å²) in [6, 6.07) is 113. The maximum Gasteiger partial charge on any atom is 0.112 e. The molecule has 12 aromatic carbocycles. The Kier molecular flexibility index (Phi) is 20.2. The van der Waals surface area contributed by atoms with Gasteiger partial charge in [-0.2, -0.15) is 0 Å². The Labute approximate surface area is 478 Å². The van der Waals surface area contributed by atoms with Gasteiger partial charge in [0.2, 0.25) is 0 Å². The number of hydrogen-bond acceptors (Lipinski definition) is 1. The van der Waals surface area contributed by atoms with E-state index in [1.165, 1.54) is 80.1 Å². The molecule has 78 heavy (non-hydrogen) atoms. The zero-order valence-electron chi connectivity index (χ0n) is 44.9. The molecule has 12 aromatic rings. The summed E-state index contributed by atoms with van der Waals surface area (Å²) in [5.41, 5.74) is 0. The van der Waals surface area contributed by atoms with Gasteiger partial charge in [0, 0.05) is 35.6 Å². The van der Waals surface area contributed by atoms with Crippen LogP contribution in [0.4, 0.5) is 0 Å². The molecule has 0 saturated carbocycles. The molecule has 0 spiro atoms. The normalized spacial score (nSPS) is 11.2. The molecule has 0 aromatic heterocycles. The Morgan fingerprint density at radius 2 is 0.397 bits per heavy atom. The zero-order chi connectivity index (χ0) is 53.3. The van der Waals surface area contributed by atoms with Gasteiger partial charge in [-0.05, 0) is 128 Å². The van der Waals surface area contributed by atoms with Gasteiger partial charge in [-0.15, -0.1) is 0 Å². The van der Waals surface area contributed by atoms with Crippen LogP contribution in [0.1, 0.15) is 20.8 Å². The van der Waals surface area contributed by atoms with Crippen molar-refractivity contribution in [2.24, 2.45) is 0 Å². The van der Waals surface area contributed by atoms with Crippen molar-refractivity contribution in [2.45, 2.75) is 20.8 Å². The van der Waals surface area contributed by atoms with Gasteiger partial charge in [0.05, 0.1) is 18.5 Å². The van der Waals surface area contributed by atoms with E-state index in [9.17, 15) is 0 Å². The predicted molar refractivity (Wildman–Crippen MR) is 347 cm³/mol. The SMILES string of the molecule is C=O.CC[P+](c1ccccc1)(c1ccccc1)c1cccc2ccccc12.CC[P+](c1ccccc1)(c1ccccc1)c1cccc2ccccc12.CC[P+](c1ccccc1)(c1ccccc1)c1cccc2ccccc12.[Rh]. The average molecular weight is 1160 g/mol. The van der Waals surface area contributed by atoms with Gasteiger partial charge in [-0.1, -0.05) is 218 Å². The van der Waals surface area contributed by atoms with Gasteiger partial charge < -0.3 is 4.79 Å². The molecule has 0 atom stereocenters. The number of benzene rings is 12. The van der Waals surface area contributed by atoms with Crippen LogP contribution in [0, 0.1) is 0 Å². The number of hydrogen-bond donors (Lipinski definition) is 0. The molecule has 0 fully saturated rings. The number of rotatable bonds is 12. The van der Waals surface area contributed by atoms with Crippen molar-refractivity contribution < 1.29 is 24.3 Å². The summed E-state index contributed by atoms with van der Waals surface area (Å²) in [5, 5.41) is 21.3. The van der Waals surface area contributed by atoms with Gasteiger partial charge in [0.25, 0.3) is 0 Å². The first-order valence-electron chi connectivity index (χ1n) is 26.8. The minimum atomic E-state index is -1.68. The summed E-state index contributed by atoms with van der Waals surface area (Å²) >= 11 is 0. The van der Waals surface area contributed by atoms with Crippen molar-refractivity contribution in [3.8, 4) is 0 Å². The average Bonchev–Trinajstić information content (AvgIpc) is 3.69. The molecule has 0 aliphatic heterocycles. The summed E-state index contributed by atoms with van der Waals surface area (Å²) in [7, 11) is -5.04. The quantitative estimate of drug-likeness (QED) is 0.0880. The summed E-state index contributed by atoms with van der Waals surface area (Å²) in [4.78, 5) is 8.00. The van der Waals surface area contributed by atoms with Gasteiger partial charge in [-0.3, -0.25) is 0 Å². The molecule has 0 amide bonds. The minimum absolute atomic E-state index is 0. The Hall–Kier alpha value is -7.00. The third-order valence-corrected chi connectivity index (χ3v) is 28.7. The van der Waals surface area contributed by atoms with Crippen molar-refractivity contribution >= 4 is 109 Å². The van der Waals surface area contributed by atoms with Crippen LogP contribution in [0.3, 0.4) is 0 Å². The standard InChI is InChI=1S/3C24H22P.CH2O.Rh/c3*1-2-25(21-14-5-3-6-15-21,22-16-7-4-8-17-22)24-19-11-13-20-12-9-10-18-23(20)24;1-2;/h3*3-19H,2H2,1H3;1H2;/q3*+1;;. The van der Waals surface area contributed by atoms with Crippen LogP contribution in [0.15, 0.2) is 309 Å². The first-order chi connectivity index (χ1) is 38.1. The van der Waals surface area contributed by atoms with E-state index < -0.39 is 21.8 Å². The molecule has 5 heteroatoms. The van der Waals surface area contributed by atoms with Crippen molar-refractivity contribution in [2.75, 3.05) is 18.5 Å². The third kappa shape index (κ3) is 11.4. The molecular weight excluding hydrogens is 1090 g/mol. The molecule has 0 bridgehead atoms. The Balaban J connectivity index is 0.000000151. The number of fused-ring (bicyclic) bond motifs is 3. The van der Waals surface area contributed by atoms with Gasteiger partial charge in [0.1, 0.15) is 76.3 Å². The van der Waals surface area contributed by atoms with E-state index in [1.54, 1.807) is 0 Å². The van der Waals surface area contributed by atoms with Gasteiger partial charge >= 0.3 is 0 Å². The summed E-state index contributed by atoms with van der Waals surface area (Å²) in [6.07, 6.45) is 3.36. The fourth-order valence-electron chi connectivity index (χ4n) is 11.6. The van der Waals surface area contributed by atoms with Gasteiger partial charge in [-0.25, -0.2) is 0 Å². The second kappa shape index (κ2) is 27.5. The Morgan fingerprint density at radius 3 is 0.590 bits per heavy atom. The van der Waals surface area contributed by atoms with E-state index in [-0.39, 0.29) is 19.5 Å². The van der Waals surface area contributed by atoms with E-state index in [0.29, 0.717) is 0 Å². The molecule has 0 aliphatic rings. The monoisotopic (exact) mass is 1160 g/mol. The zero-order valence-corrected chi connectivity index (χ0v) is 49.2. The maximum atomic E-state index is 8.00. The van der Waals surface area contributed by atoms with E-state index in [1.807, 2.05) is 6.79 Å². The summed E-state index contributed by atoms with van der Waals surface area (Å²) in [5.74, 6) is 0. The molecule has 0 saturated heterocycles. The summed E-state index contributed by atoms with van der Waals surface area (Å²) < 4.78 is 0. The van der Waals surface area contributed by atoms with Crippen LogP contribution in [-0.2, 0) is 24.3 Å². The second-order valence-electron chi connectivity index (χ2n) is 18.9. The fraction of sp³-hybridized carbons (Fsp3) is 0.0822. The molecule has 0 aliphatic carbocycles. The first-order valence-corrected chi connectivity index (χ1v) is 32.7. The fourth-order valence-corrected chi connectivity index (χ4v) is 24.3. The Bertz CT molecular complexity index is 3220. The largest absolute Gasteiger partial charge is 0.307 e. The molecule has 0 unspecified atom stereocenters. The molecule has 0 N–H and O–H groups in total. The molecule has 1 radical (unpaired) electrons. The topological polar surface area (TPSA) is 17.1 Å². The smallest absolute Gasteiger partial charge is 0.112 e. The van der Waals surface area contributed by atoms with Crippen molar-refractivity contribution in [3.63, 3.8) is 0 Å². The molecule has 12 rings (SSSR count). The summed E-state index contributed by atoms with van der Waals surface area (Å²) in [6.45, 7) is 9.03. The van der Waals surface area contributed by atoms with E-state index in [2.05, 4.69) is 330 Å². The molecular formula is C73H68OP3Rh+3.